The summed E-state index contributed by atoms with van der Waals surface area (Å²) in [6.07, 6.45) is 4.54. The van der Waals surface area contributed by atoms with Crippen molar-refractivity contribution in [3.8, 4) is 5.75 Å². The van der Waals surface area contributed by atoms with E-state index in [1.165, 1.54) is 12.8 Å². The average Bonchev–Trinajstić information content (AvgIpc) is 2.43. The number of hydrogen-bond acceptors (Lipinski definition) is 3. The summed E-state index contributed by atoms with van der Waals surface area (Å²) in [6.45, 7) is 2.91. The lowest BCUT2D eigenvalue weighted by atomic mass is 9.83. The fourth-order valence-electron chi connectivity index (χ4n) is 2.60. The van der Waals surface area contributed by atoms with Gasteiger partial charge in [0.1, 0.15) is 17.3 Å². The Morgan fingerprint density at radius 3 is 2.30 bits per heavy atom. The van der Waals surface area contributed by atoms with E-state index in [0.717, 1.165) is 24.3 Å². The monoisotopic (exact) mass is 274 g/mol. The summed E-state index contributed by atoms with van der Waals surface area (Å²) in [4.78, 5) is 23.0. The highest BCUT2D eigenvalue weighted by molar-refractivity contribution is 6.02. The average molecular weight is 274 g/mol. The molecule has 0 saturated heterocycles. The zero-order valence-corrected chi connectivity index (χ0v) is 12.1. The van der Waals surface area contributed by atoms with Crippen molar-refractivity contribution in [3.05, 3.63) is 29.8 Å². The van der Waals surface area contributed by atoms with Gasteiger partial charge < -0.3 is 4.74 Å². The van der Waals surface area contributed by atoms with Crippen molar-refractivity contribution in [3.63, 3.8) is 0 Å². The number of ketones is 2. The number of ether oxygens (including phenoxy) is 1. The minimum atomic E-state index is 0.0536. The van der Waals surface area contributed by atoms with Crippen LogP contribution in [0.2, 0.25) is 0 Å². The number of Topliss-reactive ketones (excluding diaryl/α,β-unsaturated/α-hetero) is 2. The topological polar surface area (TPSA) is 43.4 Å². The molecule has 1 aromatic carbocycles. The molecule has 0 aromatic heterocycles. The SMILES string of the molecule is CCCCCOc1ccc(C2CC(=O)CC(=O)C2)cc1. The maximum atomic E-state index is 11.5. The molecule has 2 rings (SSSR count). The van der Waals surface area contributed by atoms with E-state index in [1.807, 2.05) is 24.3 Å². The third-order valence-electron chi connectivity index (χ3n) is 3.71. The van der Waals surface area contributed by atoms with Gasteiger partial charge in [-0.05, 0) is 30.0 Å². The Bertz CT molecular complexity index is 446. The molecule has 1 aromatic rings. The predicted molar refractivity (Wildman–Crippen MR) is 78.1 cm³/mol. The van der Waals surface area contributed by atoms with E-state index in [4.69, 9.17) is 4.74 Å². The summed E-state index contributed by atoms with van der Waals surface area (Å²) >= 11 is 0. The molecule has 0 amide bonds. The van der Waals surface area contributed by atoms with Gasteiger partial charge in [0.2, 0.25) is 0 Å². The van der Waals surface area contributed by atoms with Crippen LogP contribution in [0.5, 0.6) is 5.75 Å². The zero-order chi connectivity index (χ0) is 14.4. The van der Waals surface area contributed by atoms with Crippen LogP contribution in [0.3, 0.4) is 0 Å². The first-order valence-electron chi connectivity index (χ1n) is 7.45. The summed E-state index contributed by atoms with van der Waals surface area (Å²) in [5.41, 5.74) is 1.06. The van der Waals surface area contributed by atoms with Gasteiger partial charge in [0.25, 0.3) is 0 Å². The van der Waals surface area contributed by atoms with Crippen LogP contribution < -0.4 is 4.74 Å². The normalized spacial score (nSPS) is 16.4. The van der Waals surface area contributed by atoms with Crippen molar-refractivity contribution < 1.29 is 14.3 Å². The largest absolute Gasteiger partial charge is 0.494 e. The summed E-state index contributed by atoms with van der Waals surface area (Å²) < 4.78 is 5.66. The predicted octanol–water partition coefficient (Wildman–Crippen LogP) is 3.66. The zero-order valence-electron chi connectivity index (χ0n) is 12.1. The van der Waals surface area contributed by atoms with Gasteiger partial charge in [-0.3, -0.25) is 9.59 Å². The van der Waals surface area contributed by atoms with Crippen molar-refractivity contribution in [2.75, 3.05) is 6.61 Å². The highest BCUT2D eigenvalue weighted by Gasteiger charge is 2.26. The lowest BCUT2D eigenvalue weighted by Crippen LogP contribution is -2.21. The molecule has 0 radical (unpaired) electrons. The van der Waals surface area contributed by atoms with E-state index in [9.17, 15) is 9.59 Å². The molecule has 20 heavy (non-hydrogen) atoms. The third kappa shape index (κ3) is 4.19. The summed E-state index contributed by atoms with van der Waals surface area (Å²) in [6, 6.07) is 7.83. The van der Waals surface area contributed by atoms with Crippen molar-refractivity contribution in [1.82, 2.24) is 0 Å². The van der Waals surface area contributed by atoms with E-state index < -0.39 is 0 Å². The van der Waals surface area contributed by atoms with Gasteiger partial charge >= 0.3 is 0 Å². The Morgan fingerprint density at radius 2 is 1.70 bits per heavy atom. The first-order chi connectivity index (χ1) is 9.69. The van der Waals surface area contributed by atoms with Crippen molar-refractivity contribution in [2.24, 2.45) is 0 Å². The number of carbonyl (C=O) groups is 2. The lowest BCUT2D eigenvalue weighted by Gasteiger charge is -2.20. The first-order valence-corrected chi connectivity index (χ1v) is 7.45. The van der Waals surface area contributed by atoms with Crippen molar-refractivity contribution in [2.45, 2.75) is 51.4 Å². The summed E-state index contributed by atoms with van der Waals surface area (Å²) in [7, 11) is 0. The minimum absolute atomic E-state index is 0.0536. The van der Waals surface area contributed by atoms with Crippen LogP contribution in [0.15, 0.2) is 24.3 Å². The van der Waals surface area contributed by atoms with Crippen LogP contribution in [0.1, 0.15) is 56.9 Å². The second-order valence-corrected chi connectivity index (χ2v) is 5.48. The Balaban J connectivity index is 1.90. The quantitative estimate of drug-likeness (QED) is 0.587. The van der Waals surface area contributed by atoms with Gasteiger partial charge in [0.05, 0.1) is 13.0 Å². The fourth-order valence-corrected chi connectivity index (χ4v) is 2.60. The molecule has 1 fully saturated rings. The number of rotatable bonds is 6. The van der Waals surface area contributed by atoms with E-state index >= 15 is 0 Å². The Kier molecular flexibility index (Phi) is 5.33. The van der Waals surface area contributed by atoms with Gasteiger partial charge in [-0.25, -0.2) is 0 Å². The minimum Gasteiger partial charge on any atom is -0.494 e. The summed E-state index contributed by atoms with van der Waals surface area (Å²) in [5.74, 6) is 1.04. The molecule has 0 N–H and O–H groups in total. The molecular weight excluding hydrogens is 252 g/mol. The van der Waals surface area contributed by atoms with Crippen LogP contribution in [-0.4, -0.2) is 18.2 Å². The van der Waals surface area contributed by atoms with E-state index in [1.54, 1.807) is 0 Å². The van der Waals surface area contributed by atoms with Gasteiger partial charge in [-0.15, -0.1) is 0 Å². The molecule has 0 spiro atoms. The standard InChI is InChI=1S/C17H22O3/c1-2-3-4-9-20-17-7-5-13(6-8-17)14-10-15(18)12-16(19)11-14/h5-8,14H,2-4,9-12H2,1H3. The second kappa shape index (κ2) is 7.22. The van der Waals surface area contributed by atoms with Gasteiger partial charge in [0.15, 0.2) is 0 Å². The molecule has 1 aliphatic rings. The third-order valence-corrected chi connectivity index (χ3v) is 3.71. The molecule has 3 nitrogen and oxygen atoms in total. The van der Waals surface area contributed by atoms with Gasteiger partial charge in [-0.1, -0.05) is 31.9 Å². The molecule has 0 heterocycles. The molecule has 0 aliphatic heterocycles. The molecule has 1 saturated carbocycles. The van der Waals surface area contributed by atoms with Crippen molar-refractivity contribution >= 4 is 11.6 Å². The van der Waals surface area contributed by atoms with Crippen LogP contribution in [-0.2, 0) is 9.59 Å². The number of benzene rings is 1. The van der Waals surface area contributed by atoms with Crippen LogP contribution >= 0.6 is 0 Å². The highest BCUT2D eigenvalue weighted by atomic mass is 16.5. The van der Waals surface area contributed by atoms with E-state index in [2.05, 4.69) is 6.92 Å². The second-order valence-electron chi connectivity index (χ2n) is 5.48. The lowest BCUT2D eigenvalue weighted by molar-refractivity contribution is -0.130. The van der Waals surface area contributed by atoms with E-state index in [0.29, 0.717) is 12.8 Å². The van der Waals surface area contributed by atoms with Crippen LogP contribution in [0.25, 0.3) is 0 Å². The van der Waals surface area contributed by atoms with Crippen LogP contribution in [0.4, 0.5) is 0 Å². The molecule has 0 unspecified atom stereocenters. The smallest absolute Gasteiger partial charge is 0.140 e. The maximum absolute atomic E-state index is 11.5. The molecule has 108 valence electrons. The van der Waals surface area contributed by atoms with E-state index in [-0.39, 0.29) is 23.9 Å². The molecule has 0 bridgehead atoms. The molecule has 3 heteroatoms. The van der Waals surface area contributed by atoms with Gasteiger partial charge in [-0.2, -0.15) is 0 Å². The Hall–Kier alpha value is -1.64. The molecule has 0 atom stereocenters. The molecule has 1 aliphatic carbocycles. The highest BCUT2D eigenvalue weighted by Crippen LogP contribution is 2.30. The summed E-state index contributed by atoms with van der Waals surface area (Å²) in [5, 5.41) is 0. The van der Waals surface area contributed by atoms with Gasteiger partial charge in [0, 0.05) is 12.8 Å². The number of unbranched alkanes of at least 4 members (excludes halogenated alkanes) is 2. The number of carbonyl (C=O) groups excluding carboxylic acids is 2. The maximum Gasteiger partial charge on any atom is 0.140 e. The fraction of sp³-hybridized carbons (Fsp3) is 0.529. The Morgan fingerprint density at radius 1 is 1.05 bits per heavy atom. The number of hydrogen-bond donors (Lipinski definition) is 0. The van der Waals surface area contributed by atoms with Crippen molar-refractivity contribution in [1.29, 1.82) is 0 Å². The van der Waals surface area contributed by atoms with Crippen LogP contribution in [0, 0.1) is 0 Å². The first kappa shape index (κ1) is 14.8. The Labute approximate surface area is 120 Å². The molecular formula is C17H22O3.